The van der Waals surface area contributed by atoms with Gasteiger partial charge in [0.1, 0.15) is 17.3 Å². The van der Waals surface area contributed by atoms with Gasteiger partial charge in [-0.15, -0.1) is 0 Å². The van der Waals surface area contributed by atoms with Gasteiger partial charge in [0.2, 0.25) is 5.91 Å². The van der Waals surface area contributed by atoms with E-state index in [0.29, 0.717) is 29.8 Å². The number of hydrogen-bond donors (Lipinski definition) is 0. The van der Waals surface area contributed by atoms with E-state index in [2.05, 4.69) is 6.92 Å². The molecule has 1 aliphatic heterocycles. The van der Waals surface area contributed by atoms with Crippen molar-refractivity contribution in [2.24, 2.45) is 5.92 Å². The molecule has 4 rings (SSSR count). The molecule has 1 saturated heterocycles. The van der Waals surface area contributed by atoms with E-state index < -0.39 is 5.97 Å². The zero-order valence-corrected chi connectivity index (χ0v) is 14.7. The molecule has 5 heteroatoms. The average Bonchev–Trinajstić information content (AvgIpc) is 3.01. The molecule has 5 nitrogen and oxygen atoms in total. The summed E-state index contributed by atoms with van der Waals surface area (Å²) in [7, 11) is 0. The van der Waals surface area contributed by atoms with Crippen molar-refractivity contribution >= 4 is 23.6 Å². The normalized spacial score (nSPS) is 22.2. The number of nitrogens with zero attached hydrogens (tertiary/aromatic N) is 1. The SMILES string of the molecule is CC1CC1c1ccc(/C=C/C(=O)Oc2ccc(N3CCCC3=O)cc2)o1. The van der Waals surface area contributed by atoms with Crippen molar-refractivity contribution in [2.45, 2.75) is 32.1 Å². The molecule has 2 fully saturated rings. The molecule has 0 N–H and O–H groups in total. The van der Waals surface area contributed by atoms with Crippen LogP contribution in [0.15, 0.2) is 46.9 Å². The van der Waals surface area contributed by atoms with Crippen LogP contribution in [0.5, 0.6) is 5.75 Å². The van der Waals surface area contributed by atoms with Crippen molar-refractivity contribution in [2.75, 3.05) is 11.4 Å². The molecule has 1 aliphatic carbocycles. The predicted molar refractivity (Wildman–Crippen MR) is 97.9 cm³/mol. The summed E-state index contributed by atoms with van der Waals surface area (Å²) < 4.78 is 11.0. The molecule has 2 atom stereocenters. The highest BCUT2D eigenvalue weighted by molar-refractivity contribution is 5.95. The van der Waals surface area contributed by atoms with Gasteiger partial charge in [-0.1, -0.05) is 6.92 Å². The number of carbonyl (C=O) groups is 2. The van der Waals surface area contributed by atoms with Gasteiger partial charge in [-0.25, -0.2) is 4.79 Å². The monoisotopic (exact) mass is 351 g/mol. The molecule has 0 bridgehead atoms. The maximum absolute atomic E-state index is 12.0. The predicted octanol–water partition coefficient (Wildman–Crippen LogP) is 4.15. The Kier molecular flexibility index (Phi) is 4.37. The quantitative estimate of drug-likeness (QED) is 0.461. The second-order valence-electron chi connectivity index (χ2n) is 6.96. The van der Waals surface area contributed by atoms with Crippen LogP contribution in [0.25, 0.3) is 6.08 Å². The highest BCUT2D eigenvalue weighted by atomic mass is 16.5. The minimum Gasteiger partial charge on any atom is -0.461 e. The van der Waals surface area contributed by atoms with Crippen LogP contribution in [0.4, 0.5) is 5.69 Å². The Morgan fingerprint density at radius 3 is 2.65 bits per heavy atom. The zero-order chi connectivity index (χ0) is 18.1. The lowest BCUT2D eigenvalue weighted by Crippen LogP contribution is -2.23. The number of rotatable bonds is 5. The Balaban J connectivity index is 1.34. The van der Waals surface area contributed by atoms with Gasteiger partial charge in [-0.3, -0.25) is 4.79 Å². The third-order valence-electron chi connectivity index (χ3n) is 4.95. The van der Waals surface area contributed by atoms with Crippen LogP contribution < -0.4 is 9.64 Å². The third kappa shape index (κ3) is 3.57. The smallest absolute Gasteiger partial charge is 0.336 e. The Morgan fingerprint density at radius 1 is 1.23 bits per heavy atom. The van der Waals surface area contributed by atoms with Crippen molar-refractivity contribution in [1.29, 1.82) is 0 Å². The van der Waals surface area contributed by atoms with E-state index in [4.69, 9.17) is 9.15 Å². The second-order valence-corrected chi connectivity index (χ2v) is 6.96. The van der Waals surface area contributed by atoms with E-state index in [1.807, 2.05) is 12.1 Å². The molecule has 1 aromatic heterocycles. The van der Waals surface area contributed by atoms with Gasteiger partial charge in [0.05, 0.1) is 0 Å². The van der Waals surface area contributed by atoms with Crippen LogP contribution in [0.2, 0.25) is 0 Å². The first-order valence-corrected chi connectivity index (χ1v) is 9.00. The third-order valence-corrected chi connectivity index (χ3v) is 4.95. The molecule has 1 aromatic carbocycles. The lowest BCUT2D eigenvalue weighted by Gasteiger charge is -2.15. The number of carbonyl (C=O) groups excluding carboxylic acids is 2. The highest BCUT2D eigenvalue weighted by Gasteiger charge is 2.36. The van der Waals surface area contributed by atoms with Crippen molar-refractivity contribution in [3.63, 3.8) is 0 Å². The number of benzene rings is 1. The van der Waals surface area contributed by atoms with Gasteiger partial charge in [-0.2, -0.15) is 0 Å². The van der Waals surface area contributed by atoms with Crippen LogP contribution >= 0.6 is 0 Å². The maximum atomic E-state index is 12.0. The van der Waals surface area contributed by atoms with E-state index in [0.717, 1.165) is 30.8 Å². The van der Waals surface area contributed by atoms with Crippen LogP contribution in [0.3, 0.4) is 0 Å². The standard InChI is InChI=1S/C21H21NO4/c1-14-13-18(14)19-10-8-16(25-19)9-11-21(24)26-17-6-4-15(5-7-17)22-12-2-3-20(22)23/h4-11,14,18H,2-3,12-13H2,1H3/b11-9+. The van der Waals surface area contributed by atoms with Crippen LogP contribution in [0, 0.1) is 5.92 Å². The fourth-order valence-corrected chi connectivity index (χ4v) is 3.29. The summed E-state index contributed by atoms with van der Waals surface area (Å²) in [6, 6.07) is 10.8. The van der Waals surface area contributed by atoms with Gasteiger partial charge in [0.15, 0.2) is 0 Å². The number of ether oxygens (including phenoxy) is 1. The molecule has 0 spiro atoms. The molecule has 2 aliphatic rings. The van der Waals surface area contributed by atoms with Crippen molar-refractivity contribution in [3.8, 4) is 5.75 Å². The first-order chi connectivity index (χ1) is 12.6. The van der Waals surface area contributed by atoms with Crippen molar-refractivity contribution < 1.29 is 18.7 Å². The molecule has 1 amide bonds. The van der Waals surface area contributed by atoms with E-state index in [-0.39, 0.29) is 5.91 Å². The first kappa shape index (κ1) is 16.6. The first-order valence-electron chi connectivity index (χ1n) is 9.00. The van der Waals surface area contributed by atoms with E-state index in [1.165, 1.54) is 6.08 Å². The fraction of sp³-hybridized carbons (Fsp3) is 0.333. The number of amides is 1. The Labute approximate surface area is 152 Å². The number of furan rings is 1. The maximum Gasteiger partial charge on any atom is 0.336 e. The minimum absolute atomic E-state index is 0.135. The summed E-state index contributed by atoms with van der Waals surface area (Å²) in [5, 5.41) is 0. The molecule has 1 saturated carbocycles. The van der Waals surface area contributed by atoms with Gasteiger partial charge < -0.3 is 14.1 Å². The van der Waals surface area contributed by atoms with Gasteiger partial charge in [0, 0.05) is 30.6 Å². The molecule has 26 heavy (non-hydrogen) atoms. The van der Waals surface area contributed by atoms with Gasteiger partial charge in [0.25, 0.3) is 0 Å². The Bertz CT molecular complexity index is 849. The average molecular weight is 351 g/mol. The summed E-state index contributed by atoms with van der Waals surface area (Å²) in [5.74, 6) is 2.95. The van der Waals surface area contributed by atoms with E-state index >= 15 is 0 Å². The molecule has 0 radical (unpaired) electrons. The summed E-state index contributed by atoms with van der Waals surface area (Å²) in [4.78, 5) is 25.5. The molecule has 2 aromatic rings. The number of esters is 1. The summed E-state index contributed by atoms with van der Waals surface area (Å²) in [5.41, 5.74) is 0.834. The molecular formula is C21H21NO4. The summed E-state index contributed by atoms with van der Waals surface area (Å²) in [6.07, 6.45) is 5.62. The molecule has 2 heterocycles. The van der Waals surface area contributed by atoms with Crippen LogP contribution in [-0.2, 0) is 9.59 Å². The van der Waals surface area contributed by atoms with Gasteiger partial charge >= 0.3 is 5.97 Å². The largest absolute Gasteiger partial charge is 0.461 e. The van der Waals surface area contributed by atoms with Crippen LogP contribution in [-0.4, -0.2) is 18.4 Å². The lowest BCUT2D eigenvalue weighted by atomic mass is 10.3. The topological polar surface area (TPSA) is 59.8 Å². The Morgan fingerprint density at radius 2 is 2.00 bits per heavy atom. The fourth-order valence-electron chi connectivity index (χ4n) is 3.29. The zero-order valence-electron chi connectivity index (χ0n) is 14.7. The highest BCUT2D eigenvalue weighted by Crippen LogP contribution is 2.47. The van der Waals surface area contributed by atoms with E-state index in [9.17, 15) is 9.59 Å². The number of anilines is 1. The van der Waals surface area contributed by atoms with Crippen molar-refractivity contribution in [1.82, 2.24) is 0 Å². The Hall–Kier alpha value is -2.82. The molecular weight excluding hydrogens is 330 g/mol. The summed E-state index contributed by atoms with van der Waals surface area (Å²) in [6.45, 7) is 2.94. The number of hydrogen-bond acceptors (Lipinski definition) is 4. The summed E-state index contributed by atoms with van der Waals surface area (Å²) >= 11 is 0. The van der Waals surface area contributed by atoms with Crippen LogP contribution in [0.1, 0.15) is 43.6 Å². The van der Waals surface area contributed by atoms with Gasteiger partial charge in [-0.05, 0) is 61.2 Å². The second kappa shape index (κ2) is 6.83. The molecule has 134 valence electrons. The minimum atomic E-state index is -0.465. The lowest BCUT2D eigenvalue weighted by molar-refractivity contribution is -0.129. The molecule has 2 unspecified atom stereocenters. The van der Waals surface area contributed by atoms with E-state index in [1.54, 1.807) is 35.2 Å². The van der Waals surface area contributed by atoms with Crippen molar-refractivity contribution in [3.05, 3.63) is 54.0 Å².